The average Bonchev–Trinajstić information content (AvgIpc) is 2.49. The molecule has 0 aliphatic rings. The van der Waals surface area contributed by atoms with Crippen LogP contribution in [0.4, 0.5) is 0 Å². The van der Waals surface area contributed by atoms with Crippen molar-refractivity contribution in [3.63, 3.8) is 0 Å². The zero-order valence-electron chi connectivity index (χ0n) is 19.7. The van der Waals surface area contributed by atoms with E-state index >= 15 is 0 Å². The van der Waals surface area contributed by atoms with Crippen LogP contribution in [0.2, 0.25) is 36.3 Å². The molecular weight excluding hydrogens is 372 g/mol. The van der Waals surface area contributed by atoms with Crippen molar-refractivity contribution in [3.05, 3.63) is 12.7 Å². The highest BCUT2D eigenvalue weighted by atomic mass is 28.4. The van der Waals surface area contributed by atoms with Crippen molar-refractivity contribution in [2.45, 2.75) is 96.9 Å². The molecule has 4 nitrogen and oxygen atoms in total. The molecule has 0 bridgehead atoms. The Hall–Kier alpha value is 0.0138. The van der Waals surface area contributed by atoms with Gasteiger partial charge in [0, 0.05) is 11.8 Å². The molecular formula is C21H46O4Si2. The van der Waals surface area contributed by atoms with Gasteiger partial charge in [-0.2, -0.15) is 0 Å². The normalized spacial score (nSPS) is 18.7. The predicted molar refractivity (Wildman–Crippen MR) is 121 cm³/mol. The minimum Gasteiger partial charge on any atom is -0.414 e. The van der Waals surface area contributed by atoms with E-state index in [2.05, 4.69) is 74.3 Å². The molecule has 0 amide bonds. The van der Waals surface area contributed by atoms with Crippen molar-refractivity contribution in [2.24, 2.45) is 11.8 Å². The maximum absolute atomic E-state index is 10.8. The lowest BCUT2D eigenvalue weighted by Crippen LogP contribution is -2.51. The van der Waals surface area contributed by atoms with Gasteiger partial charge in [0.05, 0.1) is 25.4 Å². The molecule has 0 rings (SSSR count). The maximum atomic E-state index is 10.8. The van der Waals surface area contributed by atoms with E-state index in [1.54, 1.807) is 6.08 Å². The highest BCUT2D eigenvalue weighted by Gasteiger charge is 2.43. The van der Waals surface area contributed by atoms with E-state index in [4.69, 9.17) is 8.85 Å². The van der Waals surface area contributed by atoms with E-state index in [0.717, 1.165) is 0 Å². The fourth-order valence-corrected chi connectivity index (χ4v) is 4.69. The van der Waals surface area contributed by atoms with Crippen molar-refractivity contribution in [1.29, 1.82) is 0 Å². The van der Waals surface area contributed by atoms with Crippen LogP contribution in [0.1, 0.15) is 48.5 Å². The summed E-state index contributed by atoms with van der Waals surface area (Å²) in [5.74, 6) is -0.530. The molecule has 6 heteroatoms. The van der Waals surface area contributed by atoms with E-state index in [1.807, 2.05) is 6.92 Å². The molecule has 2 N–H and O–H groups in total. The molecule has 0 saturated carbocycles. The summed E-state index contributed by atoms with van der Waals surface area (Å²) in [4.78, 5) is 0. The van der Waals surface area contributed by atoms with Crippen LogP contribution in [0, 0.1) is 11.8 Å². The van der Waals surface area contributed by atoms with E-state index in [-0.39, 0.29) is 34.6 Å². The Balaban J connectivity index is 5.60. The molecule has 162 valence electrons. The number of hydrogen-bond donors (Lipinski definition) is 2. The zero-order valence-corrected chi connectivity index (χ0v) is 21.7. The van der Waals surface area contributed by atoms with Crippen LogP contribution in [0.15, 0.2) is 12.7 Å². The van der Waals surface area contributed by atoms with Crippen molar-refractivity contribution < 1.29 is 19.1 Å². The SMILES string of the molecule is C=C[C@@H](CO)[C@@H](O)[C@H](C)[C@H](CO[Si](C)(C)C(C)(C)C)O[Si](C)(C)C(C)(C)C. The first-order chi connectivity index (χ1) is 11.9. The summed E-state index contributed by atoms with van der Waals surface area (Å²) < 4.78 is 13.2. The minimum absolute atomic E-state index is 0.0711. The molecule has 0 saturated heterocycles. The molecule has 0 aromatic carbocycles. The van der Waals surface area contributed by atoms with Crippen molar-refractivity contribution in [1.82, 2.24) is 0 Å². The molecule has 0 fully saturated rings. The summed E-state index contributed by atoms with van der Waals surface area (Å²) in [5, 5.41) is 20.6. The van der Waals surface area contributed by atoms with Gasteiger partial charge >= 0.3 is 0 Å². The average molecular weight is 419 g/mol. The number of rotatable bonds is 10. The number of aliphatic hydroxyl groups excluding tert-OH is 2. The zero-order chi connectivity index (χ0) is 21.8. The van der Waals surface area contributed by atoms with E-state index in [1.165, 1.54) is 0 Å². The second-order valence-electron chi connectivity index (χ2n) is 10.9. The van der Waals surface area contributed by atoms with Crippen LogP contribution in [0.5, 0.6) is 0 Å². The Morgan fingerprint density at radius 1 is 0.963 bits per heavy atom. The molecule has 0 spiro atoms. The van der Waals surface area contributed by atoms with Gasteiger partial charge in [-0.15, -0.1) is 6.58 Å². The van der Waals surface area contributed by atoms with Crippen molar-refractivity contribution in [2.75, 3.05) is 13.2 Å². The van der Waals surface area contributed by atoms with Gasteiger partial charge in [-0.05, 0) is 36.3 Å². The van der Waals surface area contributed by atoms with Crippen molar-refractivity contribution >= 4 is 16.6 Å². The van der Waals surface area contributed by atoms with Crippen LogP contribution in [-0.4, -0.2) is 52.3 Å². The fraction of sp³-hybridized carbons (Fsp3) is 0.905. The van der Waals surface area contributed by atoms with Gasteiger partial charge in [0.15, 0.2) is 16.6 Å². The third-order valence-electron chi connectivity index (χ3n) is 6.74. The van der Waals surface area contributed by atoms with E-state index in [0.29, 0.717) is 6.61 Å². The summed E-state index contributed by atoms with van der Waals surface area (Å²) in [6.07, 6.45) is 0.688. The maximum Gasteiger partial charge on any atom is 0.192 e. The summed E-state index contributed by atoms with van der Waals surface area (Å²) >= 11 is 0. The second kappa shape index (κ2) is 9.68. The van der Waals surface area contributed by atoms with Crippen LogP contribution in [0.25, 0.3) is 0 Å². The van der Waals surface area contributed by atoms with Gasteiger partial charge in [0.2, 0.25) is 0 Å². The standard InChI is InChI=1S/C21H46O4Si2/c1-13-17(14-22)19(23)16(2)18(25-27(11,12)21(6,7)8)15-24-26(9,10)20(3,4)5/h13,16-19,22-23H,1,14-15H2,2-12H3/t16-,17+,18+,19+/m1/s1. The fourth-order valence-electron chi connectivity index (χ4n) is 2.29. The molecule has 0 aromatic heterocycles. The van der Waals surface area contributed by atoms with E-state index < -0.39 is 22.7 Å². The Bertz CT molecular complexity index is 464. The molecule has 0 aromatic rings. The quantitative estimate of drug-likeness (QED) is 0.378. The molecule has 0 unspecified atom stereocenters. The Morgan fingerprint density at radius 3 is 1.74 bits per heavy atom. The van der Waals surface area contributed by atoms with Crippen molar-refractivity contribution in [3.8, 4) is 0 Å². The van der Waals surface area contributed by atoms with Gasteiger partial charge in [-0.3, -0.25) is 0 Å². The Labute approximate surface area is 170 Å². The summed E-state index contributed by atoms with van der Waals surface area (Å²) in [6, 6.07) is 0. The first-order valence-electron chi connectivity index (χ1n) is 10.1. The lowest BCUT2D eigenvalue weighted by Gasteiger charge is -2.44. The van der Waals surface area contributed by atoms with Gasteiger partial charge in [0.25, 0.3) is 0 Å². The first kappa shape index (κ1) is 27.0. The highest BCUT2D eigenvalue weighted by Crippen LogP contribution is 2.40. The summed E-state index contributed by atoms with van der Waals surface area (Å²) in [7, 11) is -3.97. The second-order valence-corrected chi connectivity index (χ2v) is 20.5. The lowest BCUT2D eigenvalue weighted by atomic mass is 9.89. The summed E-state index contributed by atoms with van der Waals surface area (Å²) in [5.41, 5.74) is 0. The van der Waals surface area contributed by atoms with Crippen LogP contribution in [0.3, 0.4) is 0 Å². The Kier molecular flexibility index (Phi) is 9.68. The smallest absolute Gasteiger partial charge is 0.192 e. The van der Waals surface area contributed by atoms with Gasteiger partial charge in [-0.1, -0.05) is 54.5 Å². The molecule has 4 atom stereocenters. The highest BCUT2D eigenvalue weighted by molar-refractivity contribution is 6.74. The van der Waals surface area contributed by atoms with Gasteiger partial charge in [-0.25, -0.2) is 0 Å². The monoisotopic (exact) mass is 418 g/mol. The topological polar surface area (TPSA) is 58.9 Å². The third-order valence-corrected chi connectivity index (χ3v) is 15.7. The largest absolute Gasteiger partial charge is 0.414 e. The number of aliphatic hydroxyl groups is 2. The third kappa shape index (κ3) is 7.40. The van der Waals surface area contributed by atoms with E-state index in [9.17, 15) is 10.2 Å². The molecule has 0 radical (unpaired) electrons. The summed E-state index contributed by atoms with van der Waals surface area (Å²) in [6.45, 7) is 28.3. The predicted octanol–water partition coefficient (Wildman–Crippen LogP) is 5.19. The number of hydrogen-bond acceptors (Lipinski definition) is 4. The van der Waals surface area contributed by atoms with Crippen LogP contribution >= 0.6 is 0 Å². The minimum atomic E-state index is -2.04. The first-order valence-corrected chi connectivity index (χ1v) is 16.0. The van der Waals surface area contributed by atoms with Gasteiger partial charge < -0.3 is 19.1 Å². The Morgan fingerprint density at radius 2 is 1.41 bits per heavy atom. The van der Waals surface area contributed by atoms with Gasteiger partial charge in [0.1, 0.15) is 0 Å². The molecule has 0 aliphatic heterocycles. The molecule has 27 heavy (non-hydrogen) atoms. The van der Waals surface area contributed by atoms with Crippen LogP contribution in [-0.2, 0) is 8.85 Å². The molecule has 0 heterocycles. The van der Waals surface area contributed by atoms with Crippen LogP contribution < -0.4 is 0 Å². The lowest BCUT2D eigenvalue weighted by molar-refractivity contribution is -0.0239. The molecule has 0 aliphatic carbocycles.